The number of alkyl halides is 1. The van der Waals surface area contributed by atoms with Crippen LogP contribution in [-0.2, 0) is 13.0 Å². The van der Waals surface area contributed by atoms with Crippen LogP contribution in [0.5, 0.6) is 5.88 Å². The van der Waals surface area contributed by atoms with Gasteiger partial charge in [-0.25, -0.2) is 4.98 Å². The number of hydrogen-bond acceptors (Lipinski definition) is 4. The second-order valence-electron chi connectivity index (χ2n) is 4.78. The lowest BCUT2D eigenvalue weighted by Crippen LogP contribution is -2.06. The van der Waals surface area contributed by atoms with E-state index in [1.165, 1.54) is 10.4 Å². The van der Waals surface area contributed by atoms with Crippen LogP contribution in [0, 0.1) is 6.92 Å². The maximum Gasteiger partial charge on any atom is 0.215 e. The van der Waals surface area contributed by atoms with E-state index in [0.717, 1.165) is 30.0 Å². The SMILES string of the molecule is COc1ccc2nc(CCCl)n(Cc3sccc3C)c2n1. The van der Waals surface area contributed by atoms with Gasteiger partial charge in [0.2, 0.25) is 5.88 Å². The van der Waals surface area contributed by atoms with Gasteiger partial charge in [0.25, 0.3) is 0 Å². The van der Waals surface area contributed by atoms with Crippen LogP contribution in [0.1, 0.15) is 16.3 Å². The first-order valence-electron chi connectivity index (χ1n) is 6.72. The van der Waals surface area contributed by atoms with E-state index < -0.39 is 0 Å². The van der Waals surface area contributed by atoms with Crippen LogP contribution < -0.4 is 4.74 Å². The number of aromatic nitrogens is 3. The molecule has 0 spiro atoms. The first-order valence-corrected chi connectivity index (χ1v) is 8.13. The van der Waals surface area contributed by atoms with Gasteiger partial charge in [0.15, 0.2) is 5.65 Å². The largest absolute Gasteiger partial charge is 0.481 e. The molecule has 0 aliphatic rings. The summed E-state index contributed by atoms with van der Waals surface area (Å²) in [5, 5.41) is 2.11. The van der Waals surface area contributed by atoms with Crippen molar-refractivity contribution in [1.82, 2.24) is 14.5 Å². The van der Waals surface area contributed by atoms with Crippen molar-refractivity contribution < 1.29 is 4.74 Å². The molecule has 3 aromatic rings. The number of thiophene rings is 1. The highest BCUT2D eigenvalue weighted by Crippen LogP contribution is 2.23. The van der Waals surface area contributed by atoms with Crippen molar-refractivity contribution in [3.8, 4) is 5.88 Å². The molecule has 3 aromatic heterocycles. The Kier molecular flexibility index (Phi) is 4.12. The highest BCUT2D eigenvalue weighted by molar-refractivity contribution is 7.10. The Morgan fingerprint density at radius 3 is 2.81 bits per heavy atom. The lowest BCUT2D eigenvalue weighted by atomic mass is 10.3. The fraction of sp³-hybridized carbons (Fsp3) is 0.333. The molecule has 21 heavy (non-hydrogen) atoms. The molecule has 0 bridgehead atoms. The fourth-order valence-electron chi connectivity index (χ4n) is 2.30. The van der Waals surface area contributed by atoms with Crippen molar-refractivity contribution in [2.75, 3.05) is 13.0 Å². The van der Waals surface area contributed by atoms with Crippen molar-refractivity contribution in [2.24, 2.45) is 0 Å². The fourth-order valence-corrected chi connectivity index (χ4v) is 3.36. The Bertz CT molecular complexity index is 765. The highest BCUT2D eigenvalue weighted by atomic mass is 35.5. The Labute approximate surface area is 132 Å². The van der Waals surface area contributed by atoms with E-state index in [4.69, 9.17) is 16.3 Å². The second-order valence-corrected chi connectivity index (χ2v) is 6.15. The summed E-state index contributed by atoms with van der Waals surface area (Å²) < 4.78 is 7.37. The van der Waals surface area contributed by atoms with Crippen molar-refractivity contribution in [2.45, 2.75) is 19.9 Å². The lowest BCUT2D eigenvalue weighted by molar-refractivity contribution is 0.399. The normalized spacial score (nSPS) is 11.2. The standard InChI is InChI=1S/C15H16ClN3OS/c1-10-6-8-21-12(10)9-19-13(5-7-16)17-11-3-4-14(20-2)18-15(11)19/h3-4,6,8H,5,7,9H2,1-2H3. The predicted molar refractivity (Wildman–Crippen MR) is 86.7 cm³/mol. The molecule has 0 aliphatic heterocycles. The van der Waals surface area contributed by atoms with E-state index in [-0.39, 0.29) is 0 Å². The number of fused-ring (bicyclic) bond motifs is 1. The third-order valence-corrected chi connectivity index (χ3v) is 4.64. The lowest BCUT2D eigenvalue weighted by Gasteiger charge is -2.08. The number of imidazole rings is 1. The summed E-state index contributed by atoms with van der Waals surface area (Å²) in [5.74, 6) is 2.11. The number of methoxy groups -OCH3 is 1. The van der Waals surface area contributed by atoms with Crippen molar-refractivity contribution >= 4 is 34.1 Å². The molecular formula is C15H16ClN3OS. The summed E-state index contributed by atoms with van der Waals surface area (Å²) in [6, 6.07) is 5.91. The maximum atomic E-state index is 5.91. The summed E-state index contributed by atoms with van der Waals surface area (Å²) in [7, 11) is 1.62. The van der Waals surface area contributed by atoms with E-state index in [1.54, 1.807) is 18.4 Å². The summed E-state index contributed by atoms with van der Waals surface area (Å²) in [6.45, 7) is 2.90. The van der Waals surface area contributed by atoms with Crippen LogP contribution in [0.4, 0.5) is 0 Å². The number of nitrogens with zero attached hydrogens (tertiary/aromatic N) is 3. The smallest absolute Gasteiger partial charge is 0.215 e. The number of aryl methyl sites for hydroxylation is 2. The van der Waals surface area contributed by atoms with Gasteiger partial charge in [-0.15, -0.1) is 22.9 Å². The summed E-state index contributed by atoms with van der Waals surface area (Å²) in [5.41, 5.74) is 3.02. The zero-order chi connectivity index (χ0) is 14.8. The first-order chi connectivity index (χ1) is 10.2. The molecule has 0 fully saturated rings. The molecule has 0 atom stereocenters. The van der Waals surface area contributed by atoms with Crippen LogP contribution in [0.2, 0.25) is 0 Å². The van der Waals surface area contributed by atoms with E-state index in [1.807, 2.05) is 12.1 Å². The monoisotopic (exact) mass is 321 g/mol. The number of hydrogen-bond donors (Lipinski definition) is 0. The molecule has 0 amide bonds. The summed E-state index contributed by atoms with van der Waals surface area (Å²) in [4.78, 5) is 10.5. The Morgan fingerprint density at radius 1 is 1.29 bits per heavy atom. The molecule has 0 aromatic carbocycles. The molecule has 3 rings (SSSR count). The van der Waals surface area contributed by atoms with Gasteiger partial charge in [0, 0.05) is 23.2 Å². The van der Waals surface area contributed by atoms with Crippen LogP contribution in [0.25, 0.3) is 11.2 Å². The molecule has 0 radical (unpaired) electrons. The molecule has 6 heteroatoms. The van der Waals surface area contributed by atoms with Crippen LogP contribution in [-0.4, -0.2) is 27.5 Å². The summed E-state index contributed by atoms with van der Waals surface area (Å²) in [6.07, 6.45) is 0.727. The minimum absolute atomic E-state index is 0.546. The van der Waals surface area contributed by atoms with E-state index in [9.17, 15) is 0 Å². The molecule has 4 nitrogen and oxygen atoms in total. The Balaban J connectivity index is 2.12. The molecule has 110 valence electrons. The van der Waals surface area contributed by atoms with Gasteiger partial charge in [-0.05, 0) is 30.0 Å². The van der Waals surface area contributed by atoms with Gasteiger partial charge >= 0.3 is 0 Å². The van der Waals surface area contributed by atoms with E-state index >= 15 is 0 Å². The third-order valence-electron chi connectivity index (χ3n) is 3.44. The molecular weight excluding hydrogens is 306 g/mol. The molecule has 0 aliphatic carbocycles. The second kappa shape index (κ2) is 6.03. The number of ether oxygens (including phenoxy) is 1. The molecule has 3 heterocycles. The topological polar surface area (TPSA) is 39.9 Å². The minimum Gasteiger partial charge on any atom is -0.481 e. The van der Waals surface area contributed by atoms with Gasteiger partial charge in [-0.2, -0.15) is 4.98 Å². The van der Waals surface area contributed by atoms with Crippen molar-refractivity contribution in [3.63, 3.8) is 0 Å². The van der Waals surface area contributed by atoms with Gasteiger partial charge in [-0.1, -0.05) is 0 Å². The molecule has 0 saturated carbocycles. The van der Waals surface area contributed by atoms with Crippen molar-refractivity contribution in [1.29, 1.82) is 0 Å². The predicted octanol–water partition coefficient (Wildman–Crippen LogP) is 3.64. The minimum atomic E-state index is 0.546. The quantitative estimate of drug-likeness (QED) is 0.674. The average Bonchev–Trinajstić information content (AvgIpc) is 3.04. The summed E-state index contributed by atoms with van der Waals surface area (Å²) >= 11 is 7.66. The van der Waals surface area contributed by atoms with Crippen LogP contribution in [0.15, 0.2) is 23.6 Å². The Morgan fingerprint density at radius 2 is 2.14 bits per heavy atom. The molecule has 0 unspecified atom stereocenters. The van der Waals surface area contributed by atoms with E-state index in [2.05, 4.69) is 32.9 Å². The van der Waals surface area contributed by atoms with Gasteiger partial charge in [0.1, 0.15) is 11.3 Å². The number of pyridine rings is 1. The Hall–Kier alpha value is -1.59. The number of halogens is 1. The highest BCUT2D eigenvalue weighted by Gasteiger charge is 2.14. The van der Waals surface area contributed by atoms with Crippen LogP contribution in [0.3, 0.4) is 0 Å². The van der Waals surface area contributed by atoms with Crippen molar-refractivity contribution in [3.05, 3.63) is 39.8 Å². The third kappa shape index (κ3) is 2.76. The zero-order valence-corrected chi connectivity index (χ0v) is 13.5. The first kappa shape index (κ1) is 14.4. The number of rotatable bonds is 5. The van der Waals surface area contributed by atoms with Gasteiger partial charge in [-0.3, -0.25) is 0 Å². The molecule has 0 saturated heterocycles. The van der Waals surface area contributed by atoms with Crippen LogP contribution >= 0.6 is 22.9 Å². The maximum absolute atomic E-state index is 5.91. The van der Waals surface area contributed by atoms with E-state index in [0.29, 0.717) is 11.8 Å². The van der Waals surface area contributed by atoms with Gasteiger partial charge in [0.05, 0.1) is 13.7 Å². The molecule has 0 N–H and O–H groups in total. The average molecular weight is 322 g/mol. The van der Waals surface area contributed by atoms with Gasteiger partial charge < -0.3 is 9.30 Å². The zero-order valence-electron chi connectivity index (χ0n) is 12.0.